The van der Waals surface area contributed by atoms with Crippen LogP contribution in [0.5, 0.6) is 11.5 Å². The van der Waals surface area contributed by atoms with Gasteiger partial charge in [-0.1, -0.05) is 6.07 Å². The van der Waals surface area contributed by atoms with Crippen LogP contribution in [0.2, 0.25) is 0 Å². The number of urea groups is 1. The number of amides is 3. The van der Waals surface area contributed by atoms with Crippen LogP contribution in [0.3, 0.4) is 0 Å². The third-order valence-electron chi connectivity index (χ3n) is 3.16. The first kappa shape index (κ1) is 10.9. The highest BCUT2D eigenvalue weighted by atomic mass is 16.6. The molecule has 1 fully saturated rings. The molecule has 1 saturated heterocycles. The maximum atomic E-state index is 11.8. The van der Waals surface area contributed by atoms with Gasteiger partial charge >= 0.3 is 6.03 Å². The van der Waals surface area contributed by atoms with Crippen LogP contribution in [0.15, 0.2) is 18.2 Å². The molecule has 3 amide bonds. The summed E-state index contributed by atoms with van der Waals surface area (Å²) in [5, 5.41) is 4.83. The molecular formula is C12H12N2O4. The monoisotopic (exact) mass is 248 g/mol. The first-order valence-corrected chi connectivity index (χ1v) is 5.63. The molecule has 0 spiro atoms. The molecule has 2 N–H and O–H groups in total. The number of hydrogen-bond donors (Lipinski definition) is 2. The Hall–Kier alpha value is -2.24. The number of carbonyl (C=O) groups is 2. The zero-order valence-electron chi connectivity index (χ0n) is 9.78. The summed E-state index contributed by atoms with van der Waals surface area (Å²) in [5.74, 6) is 0.872. The second kappa shape index (κ2) is 3.63. The maximum Gasteiger partial charge on any atom is 0.322 e. The molecule has 6 nitrogen and oxygen atoms in total. The van der Waals surface area contributed by atoms with Crippen molar-refractivity contribution in [1.82, 2.24) is 10.6 Å². The van der Waals surface area contributed by atoms with Gasteiger partial charge in [0.25, 0.3) is 5.91 Å². The summed E-state index contributed by atoms with van der Waals surface area (Å²) >= 11 is 0. The van der Waals surface area contributed by atoms with E-state index in [1.165, 1.54) is 0 Å². The zero-order valence-corrected chi connectivity index (χ0v) is 9.78. The first-order chi connectivity index (χ1) is 8.59. The predicted molar refractivity (Wildman–Crippen MR) is 61.5 cm³/mol. The SMILES string of the molecule is C[C@]1(c2ccc3c(c2)OCCO3)NC(=O)NC1=O. The summed E-state index contributed by atoms with van der Waals surface area (Å²) in [7, 11) is 0. The highest BCUT2D eigenvalue weighted by Crippen LogP contribution is 2.35. The molecule has 3 rings (SSSR count). The Balaban J connectivity index is 2.02. The molecule has 0 unspecified atom stereocenters. The second-order valence-electron chi connectivity index (χ2n) is 4.39. The van der Waals surface area contributed by atoms with Crippen molar-refractivity contribution in [3.8, 4) is 11.5 Å². The Morgan fingerprint density at radius 3 is 2.56 bits per heavy atom. The van der Waals surface area contributed by atoms with Crippen molar-refractivity contribution in [2.45, 2.75) is 12.5 Å². The molecule has 6 heteroatoms. The number of imide groups is 1. The minimum Gasteiger partial charge on any atom is -0.486 e. The van der Waals surface area contributed by atoms with Crippen LogP contribution in [-0.2, 0) is 10.3 Å². The van der Waals surface area contributed by atoms with Gasteiger partial charge in [0.05, 0.1) is 0 Å². The molecule has 18 heavy (non-hydrogen) atoms. The van der Waals surface area contributed by atoms with Gasteiger partial charge in [-0.05, 0) is 24.6 Å². The average molecular weight is 248 g/mol. The summed E-state index contributed by atoms with van der Waals surface area (Å²) in [5.41, 5.74) is -0.400. The van der Waals surface area contributed by atoms with Gasteiger partial charge < -0.3 is 14.8 Å². The van der Waals surface area contributed by atoms with E-state index >= 15 is 0 Å². The minimum atomic E-state index is -1.06. The van der Waals surface area contributed by atoms with Crippen LogP contribution >= 0.6 is 0 Å². The van der Waals surface area contributed by atoms with Crippen LogP contribution in [0.4, 0.5) is 4.79 Å². The second-order valence-corrected chi connectivity index (χ2v) is 4.39. The zero-order chi connectivity index (χ0) is 12.8. The topological polar surface area (TPSA) is 76.7 Å². The normalized spacial score (nSPS) is 25.6. The lowest BCUT2D eigenvalue weighted by Crippen LogP contribution is -2.40. The van der Waals surface area contributed by atoms with Crippen molar-refractivity contribution in [2.75, 3.05) is 13.2 Å². The number of benzene rings is 1. The molecule has 0 aliphatic carbocycles. The van der Waals surface area contributed by atoms with Crippen LogP contribution in [0.25, 0.3) is 0 Å². The van der Waals surface area contributed by atoms with Crippen molar-refractivity contribution in [1.29, 1.82) is 0 Å². The van der Waals surface area contributed by atoms with E-state index in [9.17, 15) is 9.59 Å². The fourth-order valence-electron chi connectivity index (χ4n) is 2.10. The van der Waals surface area contributed by atoms with Crippen molar-refractivity contribution in [3.05, 3.63) is 23.8 Å². The number of carbonyl (C=O) groups excluding carboxylic acids is 2. The summed E-state index contributed by atoms with van der Waals surface area (Å²) in [4.78, 5) is 23.0. The van der Waals surface area contributed by atoms with Gasteiger partial charge in [0.15, 0.2) is 11.5 Å². The van der Waals surface area contributed by atoms with Crippen LogP contribution in [0.1, 0.15) is 12.5 Å². The summed E-state index contributed by atoms with van der Waals surface area (Å²) in [6, 6.07) is 4.72. The highest BCUT2D eigenvalue weighted by Gasteiger charge is 2.43. The molecule has 0 aromatic heterocycles. The van der Waals surface area contributed by atoms with Crippen molar-refractivity contribution in [2.24, 2.45) is 0 Å². The lowest BCUT2D eigenvalue weighted by Gasteiger charge is -2.24. The Bertz CT molecular complexity index is 543. The molecule has 2 aliphatic heterocycles. The molecule has 0 saturated carbocycles. The van der Waals surface area contributed by atoms with Crippen LogP contribution in [0, 0.1) is 0 Å². The van der Waals surface area contributed by atoms with E-state index in [0.717, 1.165) is 0 Å². The fraction of sp³-hybridized carbons (Fsp3) is 0.333. The van der Waals surface area contributed by atoms with Gasteiger partial charge in [-0.2, -0.15) is 0 Å². The van der Waals surface area contributed by atoms with E-state index < -0.39 is 11.6 Å². The maximum absolute atomic E-state index is 11.8. The van der Waals surface area contributed by atoms with Gasteiger partial charge in [0.2, 0.25) is 0 Å². The van der Waals surface area contributed by atoms with Crippen LogP contribution < -0.4 is 20.1 Å². The van der Waals surface area contributed by atoms with E-state index in [0.29, 0.717) is 30.3 Å². The van der Waals surface area contributed by atoms with E-state index in [1.54, 1.807) is 25.1 Å². The average Bonchev–Trinajstić information content (AvgIpc) is 2.63. The molecule has 0 bridgehead atoms. The largest absolute Gasteiger partial charge is 0.486 e. The van der Waals surface area contributed by atoms with E-state index in [-0.39, 0.29) is 5.91 Å². The summed E-state index contributed by atoms with van der Waals surface area (Å²) in [6.45, 7) is 2.64. The molecule has 1 atom stereocenters. The standard InChI is InChI=1S/C12H12N2O4/c1-12(10(15)13-11(16)14-12)7-2-3-8-9(6-7)18-5-4-17-8/h2-3,6H,4-5H2,1H3,(H2,13,14,15,16)/t12-/m1/s1. The Morgan fingerprint density at radius 1 is 1.17 bits per heavy atom. The number of fused-ring (bicyclic) bond motifs is 1. The fourth-order valence-corrected chi connectivity index (χ4v) is 2.10. The summed E-state index contributed by atoms with van der Waals surface area (Å²) in [6.07, 6.45) is 0. The van der Waals surface area contributed by atoms with Gasteiger partial charge in [0, 0.05) is 0 Å². The summed E-state index contributed by atoms with van der Waals surface area (Å²) < 4.78 is 10.9. The molecular weight excluding hydrogens is 236 g/mol. The van der Waals surface area contributed by atoms with Crippen molar-refractivity contribution < 1.29 is 19.1 Å². The molecule has 2 heterocycles. The lowest BCUT2D eigenvalue weighted by molar-refractivity contribution is -0.123. The third-order valence-corrected chi connectivity index (χ3v) is 3.16. The molecule has 2 aliphatic rings. The Labute approximate surface area is 103 Å². The van der Waals surface area contributed by atoms with Crippen LogP contribution in [-0.4, -0.2) is 25.2 Å². The van der Waals surface area contributed by atoms with E-state index in [4.69, 9.17) is 9.47 Å². The van der Waals surface area contributed by atoms with Gasteiger partial charge in [-0.15, -0.1) is 0 Å². The number of hydrogen-bond acceptors (Lipinski definition) is 4. The quantitative estimate of drug-likeness (QED) is 0.710. The van der Waals surface area contributed by atoms with Gasteiger partial charge in [0.1, 0.15) is 18.8 Å². The van der Waals surface area contributed by atoms with Gasteiger partial charge in [-0.25, -0.2) is 4.79 Å². The Morgan fingerprint density at radius 2 is 1.89 bits per heavy atom. The third kappa shape index (κ3) is 1.49. The number of nitrogens with one attached hydrogen (secondary N) is 2. The number of rotatable bonds is 1. The smallest absolute Gasteiger partial charge is 0.322 e. The minimum absolute atomic E-state index is 0.371. The van der Waals surface area contributed by atoms with E-state index in [2.05, 4.69) is 10.6 Å². The molecule has 1 aromatic rings. The molecule has 94 valence electrons. The first-order valence-electron chi connectivity index (χ1n) is 5.63. The highest BCUT2D eigenvalue weighted by molar-refractivity contribution is 6.07. The number of ether oxygens (including phenoxy) is 2. The lowest BCUT2D eigenvalue weighted by atomic mass is 9.92. The predicted octanol–water partition coefficient (Wildman–Crippen LogP) is 0.512. The van der Waals surface area contributed by atoms with Crippen molar-refractivity contribution >= 4 is 11.9 Å². The van der Waals surface area contributed by atoms with E-state index in [1.807, 2.05) is 0 Å². The molecule has 0 radical (unpaired) electrons. The molecule has 1 aromatic carbocycles. The Kier molecular flexibility index (Phi) is 2.19. The van der Waals surface area contributed by atoms with Gasteiger partial charge in [-0.3, -0.25) is 10.1 Å². The van der Waals surface area contributed by atoms with Crippen molar-refractivity contribution in [3.63, 3.8) is 0 Å².